The van der Waals surface area contributed by atoms with Gasteiger partial charge in [0.05, 0.1) is 18.6 Å². The van der Waals surface area contributed by atoms with E-state index in [2.05, 4.69) is 0 Å². The third-order valence-electron chi connectivity index (χ3n) is 2.72. The summed E-state index contributed by atoms with van der Waals surface area (Å²) < 4.78 is 26.1. The Labute approximate surface area is 97.9 Å². The third kappa shape index (κ3) is 2.29. The minimum absolute atomic E-state index is 0.00558. The van der Waals surface area contributed by atoms with Crippen LogP contribution in [0.5, 0.6) is 0 Å². The van der Waals surface area contributed by atoms with E-state index in [-0.39, 0.29) is 24.6 Å². The van der Waals surface area contributed by atoms with E-state index in [0.29, 0.717) is 0 Å². The monoisotopic (exact) mass is 241 g/mol. The van der Waals surface area contributed by atoms with Gasteiger partial charge in [0, 0.05) is 11.6 Å². The third-order valence-corrected chi connectivity index (χ3v) is 2.72. The highest BCUT2D eigenvalue weighted by molar-refractivity contribution is 5.82. The number of hydrogen-bond acceptors (Lipinski definition) is 2. The minimum atomic E-state index is -0.675. The molecular weight excluding hydrogens is 228 g/mol. The zero-order valence-corrected chi connectivity index (χ0v) is 9.67. The Kier molecular flexibility index (Phi) is 2.87. The number of nitrogens with zero attached hydrogens (tertiary/aromatic N) is 1. The molecule has 0 atom stereocenters. The molecule has 1 saturated heterocycles. The lowest BCUT2D eigenvalue weighted by Gasteiger charge is -2.16. The van der Waals surface area contributed by atoms with Crippen molar-refractivity contribution in [2.45, 2.75) is 20.4 Å². The lowest BCUT2D eigenvalue weighted by Crippen LogP contribution is -2.30. The van der Waals surface area contributed by atoms with Gasteiger partial charge in [0.15, 0.2) is 0 Å². The summed E-state index contributed by atoms with van der Waals surface area (Å²) in [6, 6.07) is 3.26. The predicted octanol–water partition coefficient (Wildman–Crippen LogP) is 2.26. The first-order valence-corrected chi connectivity index (χ1v) is 5.29. The van der Waals surface area contributed by atoms with Crippen molar-refractivity contribution in [1.82, 2.24) is 5.06 Å². The first kappa shape index (κ1) is 12.0. The molecule has 0 aliphatic carbocycles. The van der Waals surface area contributed by atoms with Gasteiger partial charge in [-0.15, -0.1) is 0 Å². The first-order chi connectivity index (χ1) is 7.90. The molecule has 1 aromatic rings. The van der Waals surface area contributed by atoms with Crippen molar-refractivity contribution in [2.75, 3.05) is 6.61 Å². The number of hydrogen-bond donors (Lipinski definition) is 0. The average molecular weight is 241 g/mol. The van der Waals surface area contributed by atoms with Crippen LogP contribution >= 0.6 is 0 Å². The maximum absolute atomic E-state index is 13.4. The van der Waals surface area contributed by atoms with E-state index < -0.39 is 17.0 Å². The summed E-state index contributed by atoms with van der Waals surface area (Å²) in [6.07, 6.45) is 0. The zero-order chi connectivity index (χ0) is 12.6. The summed E-state index contributed by atoms with van der Waals surface area (Å²) in [5, 5.41) is 1.12. The van der Waals surface area contributed by atoms with Crippen molar-refractivity contribution in [3.8, 4) is 0 Å². The Balaban J connectivity index is 2.15. The van der Waals surface area contributed by atoms with E-state index in [1.807, 2.05) is 0 Å². The molecule has 1 amide bonds. The molecule has 3 nitrogen and oxygen atoms in total. The SMILES string of the molecule is CC1(C)CON(Cc2ccc(F)cc2F)C1=O. The Morgan fingerprint density at radius 1 is 1.41 bits per heavy atom. The number of carbonyl (C=O) groups excluding carboxylic acids is 1. The Morgan fingerprint density at radius 2 is 2.12 bits per heavy atom. The molecule has 1 aliphatic heterocycles. The van der Waals surface area contributed by atoms with Crippen molar-refractivity contribution in [2.24, 2.45) is 5.41 Å². The van der Waals surface area contributed by atoms with E-state index in [0.717, 1.165) is 17.2 Å². The van der Waals surface area contributed by atoms with Crippen LogP contribution in [0.4, 0.5) is 8.78 Å². The van der Waals surface area contributed by atoms with Crippen LogP contribution in [-0.2, 0) is 16.2 Å². The fourth-order valence-corrected chi connectivity index (χ4v) is 1.62. The Bertz CT molecular complexity index is 460. The smallest absolute Gasteiger partial charge is 0.254 e. The number of carbonyl (C=O) groups is 1. The van der Waals surface area contributed by atoms with Crippen LogP contribution in [0.25, 0.3) is 0 Å². The largest absolute Gasteiger partial charge is 0.272 e. The van der Waals surface area contributed by atoms with Gasteiger partial charge in [0.1, 0.15) is 11.6 Å². The van der Waals surface area contributed by atoms with Gasteiger partial charge in [-0.2, -0.15) is 0 Å². The number of amides is 1. The molecule has 0 bridgehead atoms. The number of benzene rings is 1. The number of rotatable bonds is 2. The average Bonchev–Trinajstić information content (AvgIpc) is 2.49. The standard InChI is InChI=1S/C12H13F2NO2/c1-12(2)7-17-15(11(12)16)6-8-3-4-9(13)5-10(8)14/h3-5H,6-7H2,1-2H3. The lowest BCUT2D eigenvalue weighted by atomic mass is 9.95. The van der Waals surface area contributed by atoms with Gasteiger partial charge in [-0.05, 0) is 19.9 Å². The van der Waals surface area contributed by atoms with Crippen LogP contribution < -0.4 is 0 Å². The lowest BCUT2D eigenvalue weighted by molar-refractivity contribution is -0.165. The van der Waals surface area contributed by atoms with Crippen molar-refractivity contribution >= 4 is 5.91 Å². The highest BCUT2D eigenvalue weighted by Crippen LogP contribution is 2.28. The molecule has 17 heavy (non-hydrogen) atoms. The zero-order valence-electron chi connectivity index (χ0n) is 9.67. The molecule has 92 valence electrons. The summed E-state index contributed by atoms with van der Waals surface area (Å²) in [6.45, 7) is 3.79. The van der Waals surface area contributed by atoms with Gasteiger partial charge < -0.3 is 0 Å². The molecule has 5 heteroatoms. The van der Waals surface area contributed by atoms with Gasteiger partial charge in [0.25, 0.3) is 5.91 Å². The topological polar surface area (TPSA) is 29.5 Å². The van der Waals surface area contributed by atoms with Crippen LogP contribution in [-0.4, -0.2) is 17.6 Å². The first-order valence-electron chi connectivity index (χ1n) is 5.29. The Morgan fingerprint density at radius 3 is 2.65 bits per heavy atom. The van der Waals surface area contributed by atoms with Gasteiger partial charge in [-0.25, -0.2) is 13.8 Å². The fourth-order valence-electron chi connectivity index (χ4n) is 1.62. The number of hydroxylamine groups is 2. The molecule has 1 aliphatic rings. The fraction of sp³-hybridized carbons (Fsp3) is 0.417. The number of halogens is 2. The summed E-state index contributed by atoms with van der Waals surface area (Å²) >= 11 is 0. The van der Waals surface area contributed by atoms with Gasteiger partial charge in [-0.1, -0.05) is 6.07 Å². The summed E-state index contributed by atoms with van der Waals surface area (Å²) in [5.41, 5.74) is -0.353. The molecule has 0 radical (unpaired) electrons. The molecule has 1 aromatic carbocycles. The van der Waals surface area contributed by atoms with Crippen molar-refractivity contribution in [1.29, 1.82) is 0 Å². The highest BCUT2D eigenvalue weighted by Gasteiger charge is 2.40. The molecule has 0 unspecified atom stereocenters. The quantitative estimate of drug-likeness (QED) is 0.794. The molecule has 0 N–H and O–H groups in total. The van der Waals surface area contributed by atoms with Crippen molar-refractivity contribution in [3.63, 3.8) is 0 Å². The van der Waals surface area contributed by atoms with Gasteiger partial charge in [-0.3, -0.25) is 9.63 Å². The predicted molar refractivity (Wildman–Crippen MR) is 56.6 cm³/mol. The van der Waals surface area contributed by atoms with Gasteiger partial charge >= 0.3 is 0 Å². The molecule has 1 fully saturated rings. The van der Waals surface area contributed by atoms with Crippen molar-refractivity contribution < 1.29 is 18.4 Å². The van der Waals surface area contributed by atoms with Crippen LogP contribution in [0, 0.1) is 17.0 Å². The van der Waals surface area contributed by atoms with Crippen LogP contribution in [0.1, 0.15) is 19.4 Å². The van der Waals surface area contributed by atoms with E-state index >= 15 is 0 Å². The second-order valence-corrected chi connectivity index (χ2v) is 4.73. The molecule has 2 rings (SSSR count). The minimum Gasteiger partial charge on any atom is -0.272 e. The molecule has 0 saturated carbocycles. The van der Waals surface area contributed by atoms with Crippen molar-refractivity contribution in [3.05, 3.63) is 35.4 Å². The Hall–Kier alpha value is -1.49. The summed E-state index contributed by atoms with van der Waals surface area (Å²) in [4.78, 5) is 17.0. The highest BCUT2D eigenvalue weighted by atomic mass is 19.1. The second kappa shape index (κ2) is 4.07. The maximum atomic E-state index is 13.4. The normalized spacial score (nSPS) is 18.8. The summed E-state index contributed by atoms with van der Waals surface area (Å²) in [5.74, 6) is -1.51. The van der Waals surface area contributed by atoms with E-state index in [4.69, 9.17) is 4.84 Å². The maximum Gasteiger partial charge on any atom is 0.254 e. The van der Waals surface area contributed by atoms with Gasteiger partial charge in [0.2, 0.25) is 0 Å². The van der Waals surface area contributed by atoms with E-state index in [1.165, 1.54) is 6.07 Å². The van der Waals surface area contributed by atoms with E-state index in [1.54, 1.807) is 13.8 Å². The van der Waals surface area contributed by atoms with Crippen LogP contribution in [0.3, 0.4) is 0 Å². The van der Waals surface area contributed by atoms with E-state index in [9.17, 15) is 13.6 Å². The molecule has 0 spiro atoms. The van der Waals surface area contributed by atoms with Crippen LogP contribution in [0.15, 0.2) is 18.2 Å². The molecule has 0 aromatic heterocycles. The molecule has 1 heterocycles. The second-order valence-electron chi connectivity index (χ2n) is 4.73. The molecular formula is C12H13F2NO2. The summed E-state index contributed by atoms with van der Waals surface area (Å²) in [7, 11) is 0. The van der Waals surface area contributed by atoms with Crippen LogP contribution in [0.2, 0.25) is 0 Å².